The topological polar surface area (TPSA) is 125 Å². The van der Waals surface area contributed by atoms with Crippen molar-refractivity contribution in [1.82, 2.24) is 10.3 Å². The largest absolute Gasteiger partial charge is 0.480 e. The fraction of sp³-hybridized carbons (Fsp3) is 0.714. The van der Waals surface area contributed by atoms with E-state index in [4.69, 9.17) is 10.8 Å². The van der Waals surface area contributed by atoms with Gasteiger partial charge in [-0.3, -0.25) is 0 Å². The summed E-state index contributed by atoms with van der Waals surface area (Å²) in [5.74, 6) is -1.17. The van der Waals surface area contributed by atoms with Crippen LogP contribution in [0.15, 0.2) is 5.29 Å². The number of carbonyl (C=O) groups excluding carboxylic acids is 1. The number of nitrogens with one attached hydrogen (secondary N) is 1. The van der Waals surface area contributed by atoms with Gasteiger partial charge < -0.3 is 16.2 Å². The van der Waals surface area contributed by atoms with Crippen LogP contribution in [0.3, 0.4) is 0 Å². The molecule has 0 aliphatic rings. The Morgan fingerprint density at radius 3 is 2.60 bits per heavy atom. The number of nitroso groups, excluding NO2 is 1. The Kier molecular flexibility index (Phi) is 5.95. The van der Waals surface area contributed by atoms with Crippen molar-refractivity contribution < 1.29 is 14.7 Å². The summed E-state index contributed by atoms with van der Waals surface area (Å²) in [5, 5.41) is 13.7. The van der Waals surface area contributed by atoms with Gasteiger partial charge in [-0.15, -0.1) is 4.91 Å². The lowest BCUT2D eigenvalue weighted by molar-refractivity contribution is -0.139. The van der Waals surface area contributed by atoms with Crippen molar-refractivity contribution in [2.75, 3.05) is 13.6 Å². The molecule has 0 unspecified atom stereocenters. The van der Waals surface area contributed by atoms with Crippen LogP contribution in [0.25, 0.3) is 0 Å². The first-order chi connectivity index (χ1) is 7.02. The molecule has 2 amide bonds. The first-order valence-electron chi connectivity index (χ1n) is 4.33. The van der Waals surface area contributed by atoms with Gasteiger partial charge in [-0.25, -0.2) is 9.59 Å². The van der Waals surface area contributed by atoms with Gasteiger partial charge >= 0.3 is 12.0 Å². The second kappa shape index (κ2) is 6.71. The first kappa shape index (κ1) is 13.3. The van der Waals surface area contributed by atoms with Gasteiger partial charge in [-0.1, -0.05) is 0 Å². The lowest BCUT2D eigenvalue weighted by Gasteiger charge is -2.15. The van der Waals surface area contributed by atoms with Crippen molar-refractivity contribution in [1.29, 1.82) is 0 Å². The van der Waals surface area contributed by atoms with E-state index in [1.54, 1.807) is 0 Å². The van der Waals surface area contributed by atoms with Gasteiger partial charge in [0.2, 0.25) is 0 Å². The third-order valence-electron chi connectivity index (χ3n) is 1.71. The lowest BCUT2D eigenvalue weighted by atomic mass is 10.1. The summed E-state index contributed by atoms with van der Waals surface area (Å²) in [7, 11) is 1.13. The monoisotopic (exact) mass is 218 g/mol. The predicted molar refractivity (Wildman–Crippen MR) is 51.8 cm³/mol. The Bertz CT molecular complexity index is 245. The quantitative estimate of drug-likeness (QED) is 0.409. The summed E-state index contributed by atoms with van der Waals surface area (Å²) in [5.41, 5.74) is 5.21. The maximum atomic E-state index is 11.1. The zero-order valence-corrected chi connectivity index (χ0v) is 8.34. The third kappa shape index (κ3) is 4.91. The highest BCUT2D eigenvalue weighted by molar-refractivity contribution is 5.82. The van der Waals surface area contributed by atoms with Crippen molar-refractivity contribution in [3.05, 3.63) is 4.91 Å². The summed E-state index contributed by atoms with van der Waals surface area (Å²) in [4.78, 5) is 31.7. The standard InChI is InChI=1S/C7H14N4O4/c1-11(10-15)7(14)9-5(6(12)13)3-2-4-8/h5H,2-4,8H2,1H3,(H,9,14)(H,12,13)/t5-/m0/s1. The van der Waals surface area contributed by atoms with Crippen LogP contribution in [-0.4, -0.2) is 41.8 Å². The van der Waals surface area contributed by atoms with Crippen molar-refractivity contribution in [3.8, 4) is 0 Å². The molecular formula is C7H14N4O4. The molecule has 4 N–H and O–H groups in total. The lowest BCUT2D eigenvalue weighted by Crippen LogP contribution is -2.45. The minimum absolute atomic E-state index is 0.213. The van der Waals surface area contributed by atoms with Crippen molar-refractivity contribution in [3.63, 3.8) is 0 Å². The van der Waals surface area contributed by atoms with Crippen LogP contribution in [0.1, 0.15) is 12.8 Å². The van der Waals surface area contributed by atoms with E-state index in [0.29, 0.717) is 18.0 Å². The van der Waals surface area contributed by atoms with Crippen LogP contribution >= 0.6 is 0 Å². The predicted octanol–water partition coefficient (Wildman–Crippen LogP) is -0.499. The number of hydrogen-bond acceptors (Lipinski definition) is 5. The van der Waals surface area contributed by atoms with Crippen LogP contribution in [0.5, 0.6) is 0 Å². The zero-order valence-electron chi connectivity index (χ0n) is 8.34. The van der Waals surface area contributed by atoms with Crippen LogP contribution in [0.2, 0.25) is 0 Å². The summed E-state index contributed by atoms with van der Waals surface area (Å²) in [6.45, 7) is 0.335. The molecule has 0 radical (unpaired) electrons. The maximum absolute atomic E-state index is 11.1. The van der Waals surface area contributed by atoms with Crippen molar-refractivity contribution >= 4 is 12.0 Å². The smallest absolute Gasteiger partial charge is 0.340 e. The molecule has 1 atom stereocenters. The average molecular weight is 218 g/mol. The summed E-state index contributed by atoms with van der Waals surface area (Å²) in [6, 6.07) is -1.90. The fourth-order valence-corrected chi connectivity index (χ4v) is 0.859. The number of carboxylic acids is 1. The van der Waals surface area contributed by atoms with E-state index in [1.165, 1.54) is 0 Å². The number of amides is 2. The molecule has 8 nitrogen and oxygen atoms in total. The molecule has 0 aliphatic carbocycles. The van der Waals surface area contributed by atoms with Gasteiger partial charge in [-0.2, -0.15) is 5.01 Å². The van der Waals surface area contributed by atoms with Crippen LogP contribution in [-0.2, 0) is 4.79 Å². The number of nitrogens with zero attached hydrogens (tertiary/aromatic N) is 2. The van der Waals surface area contributed by atoms with E-state index in [1.807, 2.05) is 0 Å². The van der Waals surface area contributed by atoms with Gasteiger partial charge in [0.05, 0.1) is 5.29 Å². The molecule has 0 spiro atoms. The highest BCUT2D eigenvalue weighted by Crippen LogP contribution is 1.98. The average Bonchev–Trinajstić information content (AvgIpc) is 2.22. The highest BCUT2D eigenvalue weighted by Gasteiger charge is 2.21. The normalized spacial score (nSPS) is 11.6. The van der Waals surface area contributed by atoms with Gasteiger partial charge in [0, 0.05) is 7.05 Å². The molecule has 0 bridgehead atoms. The van der Waals surface area contributed by atoms with E-state index < -0.39 is 18.0 Å². The van der Waals surface area contributed by atoms with E-state index >= 15 is 0 Å². The van der Waals surface area contributed by atoms with Crippen molar-refractivity contribution in [2.45, 2.75) is 18.9 Å². The molecule has 86 valence electrons. The molecule has 0 aromatic rings. The molecule has 0 saturated heterocycles. The van der Waals surface area contributed by atoms with Gasteiger partial charge in [0.1, 0.15) is 6.04 Å². The maximum Gasteiger partial charge on any atom is 0.340 e. The van der Waals surface area contributed by atoms with E-state index in [9.17, 15) is 14.5 Å². The molecule has 0 rings (SSSR count). The Hall–Kier alpha value is -1.70. The summed E-state index contributed by atoms with van der Waals surface area (Å²) < 4.78 is 0. The fourth-order valence-electron chi connectivity index (χ4n) is 0.859. The van der Waals surface area contributed by atoms with Crippen LogP contribution < -0.4 is 11.1 Å². The first-order valence-corrected chi connectivity index (χ1v) is 4.33. The number of carbonyl (C=O) groups is 2. The molecular weight excluding hydrogens is 204 g/mol. The molecule has 0 saturated carbocycles. The second-order valence-electron chi connectivity index (χ2n) is 2.88. The molecule has 0 aliphatic heterocycles. The number of hydrogen-bond donors (Lipinski definition) is 3. The minimum atomic E-state index is -1.17. The minimum Gasteiger partial charge on any atom is -0.480 e. The zero-order chi connectivity index (χ0) is 11.8. The van der Waals surface area contributed by atoms with Crippen molar-refractivity contribution in [2.24, 2.45) is 11.0 Å². The Labute approximate surface area is 86.4 Å². The number of urea groups is 1. The van der Waals surface area contributed by atoms with E-state index in [-0.39, 0.29) is 6.42 Å². The highest BCUT2D eigenvalue weighted by atomic mass is 16.4. The number of aliphatic carboxylic acids is 1. The molecule has 0 aromatic heterocycles. The SMILES string of the molecule is CN(N=O)C(=O)N[C@@H](CCCN)C(=O)O. The number of nitrogens with two attached hydrogens (primary N) is 1. The van der Waals surface area contributed by atoms with Crippen LogP contribution in [0, 0.1) is 4.91 Å². The Morgan fingerprint density at radius 1 is 1.60 bits per heavy atom. The number of carboxylic acid groups (broad SMARTS) is 1. The second-order valence-corrected chi connectivity index (χ2v) is 2.88. The molecule has 15 heavy (non-hydrogen) atoms. The third-order valence-corrected chi connectivity index (χ3v) is 1.71. The number of rotatable bonds is 6. The van der Waals surface area contributed by atoms with Gasteiger partial charge in [0.25, 0.3) is 0 Å². The molecule has 0 fully saturated rings. The summed E-state index contributed by atoms with van der Waals surface area (Å²) >= 11 is 0. The molecule has 8 heteroatoms. The summed E-state index contributed by atoms with van der Waals surface area (Å²) in [6.07, 6.45) is 0.680. The Balaban J connectivity index is 4.21. The van der Waals surface area contributed by atoms with Crippen LogP contribution in [0.4, 0.5) is 4.79 Å². The van der Waals surface area contributed by atoms with E-state index in [2.05, 4.69) is 10.6 Å². The molecule has 0 aromatic carbocycles. The van der Waals surface area contributed by atoms with Gasteiger partial charge in [-0.05, 0) is 19.4 Å². The van der Waals surface area contributed by atoms with Gasteiger partial charge in [0.15, 0.2) is 0 Å². The Morgan fingerprint density at radius 2 is 2.20 bits per heavy atom. The van der Waals surface area contributed by atoms with E-state index in [0.717, 1.165) is 7.05 Å². The molecule has 0 heterocycles.